The highest BCUT2D eigenvalue weighted by atomic mass is 16.5. The maximum atomic E-state index is 5.53. The first-order valence-corrected chi connectivity index (χ1v) is 6.83. The molecule has 19 heavy (non-hydrogen) atoms. The van der Waals surface area contributed by atoms with Gasteiger partial charge in [0.1, 0.15) is 12.4 Å². The van der Waals surface area contributed by atoms with E-state index in [2.05, 4.69) is 17.3 Å². The van der Waals surface area contributed by atoms with Crippen LogP contribution < -0.4 is 10.1 Å². The molecule has 1 aromatic rings. The number of ether oxygens (including phenoxy) is 2. The summed E-state index contributed by atoms with van der Waals surface area (Å²) in [5.74, 6) is 3.99. The Kier molecular flexibility index (Phi) is 5.74. The molecule has 2 rings (SSSR count). The van der Waals surface area contributed by atoms with E-state index >= 15 is 0 Å². The Morgan fingerprint density at radius 2 is 2.32 bits per heavy atom. The highest BCUT2D eigenvalue weighted by Gasteiger charge is 2.13. The number of terminal acetylenes is 1. The van der Waals surface area contributed by atoms with Gasteiger partial charge in [0.05, 0.1) is 6.61 Å². The lowest BCUT2D eigenvalue weighted by Crippen LogP contribution is -2.29. The van der Waals surface area contributed by atoms with Crippen LogP contribution in [0.1, 0.15) is 18.4 Å². The van der Waals surface area contributed by atoms with Crippen LogP contribution in [0.4, 0.5) is 0 Å². The maximum absolute atomic E-state index is 5.53. The lowest BCUT2D eigenvalue weighted by atomic mass is 10.0. The molecule has 3 nitrogen and oxygen atoms in total. The van der Waals surface area contributed by atoms with Crippen molar-refractivity contribution in [1.29, 1.82) is 0 Å². The van der Waals surface area contributed by atoms with Crippen molar-refractivity contribution < 1.29 is 9.47 Å². The molecule has 0 saturated carbocycles. The fourth-order valence-electron chi connectivity index (χ4n) is 2.29. The molecule has 1 heterocycles. The van der Waals surface area contributed by atoms with Gasteiger partial charge in [0.25, 0.3) is 0 Å². The number of benzene rings is 1. The van der Waals surface area contributed by atoms with E-state index in [1.807, 2.05) is 18.2 Å². The van der Waals surface area contributed by atoms with E-state index < -0.39 is 0 Å². The molecule has 0 amide bonds. The van der Waals surface area contributed by atoms with Crippen molar-refractivity contribution in [3.05, 3.63) is 29.8 Å². The van der Waals surface area contributed by atoms with E-state index in [1.54, 1.807) is 0 Å². The summed E-state index contributed by atoms with van der Waals surface area (Å²) in [6.07, 6.45) is 7.65. The lowest BCUT2D eigenvalue weighted by Gasteiger charge is -2.22. The normalized spacial score (nSPS) is 18.8. The van der Waals surface area contributed by atoms with Gasteiger partial charge >= 0.3 is 0 Å². The summed E-state index contributed by atoms with van der Waals surface area (Å²) in [5, 5.41) is 3.48. The van der Waals surface area contributed by atoms with E-state index in [1.165, 1.54) is 12.8 Å². The Morgan fingerprint density at radius 1 is 1.42 bits per heavy atom. The van der Waals surface area contributed by atoms with Crippen LogP contribution in [-0.4, -0.2) is 26.4 Å². The zero-order valence-corrected chi connectivity index (χ0v) is 11.2. The highest BCUT2D eigenvalue weighted by Crippen LogP contribution is 2.18. The average molecular weight is 259 g/mol. The number of nitrogens with one attached hydrogen (secondary N) is 1. The van der Waals surface area contributed by atoms with Crippen molar-refractivity contribution >= 4 is 0 Å². The molecule has 0 aliphatic carbocycles. The molecule has 1 N–H and O–H groups in total. The van der Waals surface area contributed by atoms with Crippen molar-refractivity contribution in [1.82, 2.24) is 5.32 Å². The molecule has 3 heteroatoms. The largest absolute Gasteiger partial charge is 0.481 e. The van der Waals surface area contributed by atoms with Gasteiger partial charge in [-0.3, -0.25) is 0 Å². The fourth-order valence-corrected chi connectivity index (χ4v) is 2.29. The smallest absolute Gasteiger partial charge is 0.148 e. The van der Waals surface area contributed by atoms with Gasteiger partial charge in [-0.25, -0.2) is 0 Å². The van der Waals surface area contributed by atoms with Crippen molar-refractivity contribution in [3.8, 4) is 18.1 Å². The SMILES string of the molecule is C#CCOc1ccccc1CNCC1CCCOC1. The molecule has 1 atom stereocenters. The first kappa shape index (κ1) is 13.9. The van der Waals surface area contributed by atoms with Crippen LogP contribution in [0.25, 0.3) is 0 Å². The summed E-state index contributed by atoms with van der Waals surface area (Å²) in [5.41, 5.74) is 1.15. The Labute approximate surface area is 115 Å². The molecule has 1 unspecified atom stereocenters. The number of para-hydroxylation sites is 1. The molecule has 0 spiro atoms. The van der Waals surface area contributed by atoms with Gasteiger partial charge in [-0.05, 0) is 24.8 Å². The van der Waals surface area contributed by atoms with E-state index in [-0.39, 0.29) is 0 Å². The zero-order valence-electron chi connectivity index (χ0n) is 11.2. The summed E-state index contributed by atoms with van der Waals surface area (Å²) in [7, 11) is 0. The van der Waals surface area contributed by atoms with Gasteiger partial charge in [0.2, 0.25) is 0 Å². The minimum Gasteiger partial charge on any atom is -0.481 e. The summed E-state index contributed by atoms with van der Waals surface area (Å²) in [4.78, 5) is 0. The molecule has 0 aromatic heterocycles. The van der Waals surface area contributed by atoms with Crippen LogP contribution in [0.2, 0.25) is 0 Å². The molecule has 1 fully saturated rings. The Hall–Kier alpha value is -1.50. The third kappa shape index (κ3) is 4.59. The molecule has 1 saturated heterocycles. The lowest BCUT2D eigenvalue weighted by molar-refractivity contribution is 0.0547. The topological polar surface area (TPSA) is 30.5 Å². The number of hydrogen-bond donors (Lipinski definition) is 1. The van der Waals surface area contributed by atoms with E-state index in [9.17, 15) is 0 Å². The van der Waals surface area contributed by atoms with E-state index in [4.69, 9.17) is 15.9 Å². The number of hydrogen-bond acceptors (Lipinski definition) is 3. The molecule has 1 aliphatic rings. The summed E-state index contributed by atoms with van der Waals surface area (Å²) in [6.45, 7) is 3.90. The second-order valence-corrected chi connectivity index (χ2v) is 4.81. The second-order valence-electron chi connectivity index (χ2n) is 4.81. The molecule has 1 aliphatic heterocycles. The van der Waals surface area contributed by atoms with Gasteiger partial charge in [0, 0.05) is 25.3 Å². The molecule has 0 bridgehead atoms. The third-order valence-electron chi connectivity index (χ3n) is 3.29. The van der Waals surface area contributed by atoms with Crippen LogP contribution in [0.3, 0.4) is 0 Å². The summed E-state index contributed by atoms with van der Waals surface area (Å²) >= 11 is 0. The van der Waals surface area contributed by atoms with E-state index in [0.717, 1.165) is 37.6 Å². The first-order chi connectivity index (χ1) is 9.40. The minimum atomic E-state index is 0.313. The van der Waals surface area contributed by atoms with Gasteiger partial charge in [0.15, 0.2) is 0 Å². The quantitative estimate of drug-likeness (QED) is 0.795. The molecular weight excluding hydrogens is 238 g/mol. The zero-order chi connectivity index (χ0) is 13.3. The Morgan fingerprint density at radius 3 is 3.11 bits per heavy atom. The third-order valence-corrected chi connectivity index (χ3v) is 3.29. The van der Waals surface area contributed by atoms with Gasteiger partial charge in [-0.15, -0.1) is 6.42 Å². The first-order valence-electron chi connectivity index (χ1n) is 6.83. The van der Waals surface area contributed by atoms with Crippen LogP contribution in [0.15, 0.2) is 24.3 Å². The van der Waals surface area contributed by atoms with Crippen molar-refractivity contribution in [2.45, 2.75) is 19.4 Å². The fraction of sp³-hybridized carbons (Fsp3) is 0.500. The van der Waals surface area contributed by atoms with Crippen LogP contribution in [0, 0.1) is 18.3 Å². The van der Waals surface area contributed by atoms with Crippen LogP contribution >= 0.6 is 0 Å². The molecule has 1 aromatic carbocycles. The Bertz CT molecular complexity index is 419. The Balaban J connectivity index is 1.79. The maximum Gasteiger partial charge on any atom is 0.148 e. The predicted molar refractivity (Wildman–Crippen MR) is 76.0 cm³/mol. The van der Waals surface area contributed by atoms with Crippen LogP contribution in [0.5, 0.6) is 5.75 Å². The standard InChI is InChI=1S/C16H21NO2/c1-2-9-19-16-8-4-3-7-15(16)12-17-11-14-6-5-10-18-13-14/h1,3-4,7-8,14,17H,5-6,9-13H2. The summed E-state index contributed by atoms with van der Waals surface area (Å²) in [6, 6.07) is 8.00. The van der Waals surface area contributed by atoms with Gasteiger partial charge < -0.3 is 14.8 Å². The second kappa shape index (κ2) is 7.83. The highest BCUT2D eigenvalue weighted by molar-refractivity contribution is 5.33. The van der Waals surface area contributed by atoms with Crippen molar-refractivity contribution in [2.75, 3.05) is 26.4 Å². The van der Waals surface area contributed by atoms with E-state index in [0.29, 0.717) is 12.5 Å². The predicted octanol–water partition coefficient (Wildman–Crippen LogP) is 2.21. The van der Waals surface area contributed by atoms with Crippen molar-refractivity contribution in [2.24, 2.45) is 5.92 Å². The molecule has 0 radical (unpaired) electrons. The summed E-state index contributed by atoms with van der Waals surface area (Å²) < 4.78 is 11.0. The number of rotatable bonds is 6. The van der Waals surface area contributed by atoms with Gasteiger partial charge in [-0.2, -0.15) is 0 Å². The molecular formula is C16H21NO2. The minimum absolute atomic E-state index is 0.313. The average Bonchev–Trinajstić information content (AvgIpc) is 2.47. The molecule has 102 valence electrons. The van der Waals surface area contributed by atoms with Gasteiger partial charge in [-0.1, -0.05) is 24.1 Å². The van der Waals surface area contributed by atoms with Crippen molar-refractivity contribution in [3.63, 3.8) is 0 Å². The van der Waals surface area contributed by atoms with Crippen LogP contribution in [-0.2, 0) is 11.3 Å². The monoisotopic (exact) mass is 259 g/mol.